The minimum absolute atomic E-state index is 0.125. The Morgan fingerprint density at radius 2 is 2.00 bits per heavy atom. The molecule has 4 rings (SSSR count). The molecule has 180 valence electrons. The highest BCUT2D eigenvalue weighted by atomic mass is 32.2. The number of rotatable bonds is 7. The molecule has 2 heterocycles. The number of amides is 1. The van der Waals surface area contributed by atoms with Gasteiger partial charge >= 0.3 is 0 Å². The van der Waals surface area contributed by atoms with Crippen molar-refractivity contribution in [3.8, 4) is 11.3 Å². The molecule has 0 aliphatic carbocycles. The topological polar surface area (TPSA) is 99.4 Å². The third-order valence-electron chi connectivity index (χ3n) is 6.06. The number of aryl methyl sites for hydroxylation is 1. The summed E-state index contributed by atoms with van der Waals surface area (Å²) in [7, 11) is 0. The van der Waals surface area contributed by atoms with Crippen LogP contribution in [0.2, 0.25) is 0 Å². The molecule has 4 N–H and O–H groups in total. The molecule has 2 aromatic carbocycles. The number of aliphatic hydroxyl groups is 1. The molecule has 34 heavy (non-hydrogen) atoms. The maximum Gasteiger partial charge on any atom is 0.221 e. The standard InChI is InChI=1S/C26H32N4O3S/c1-16-6-4-8-21(34-3)22(16)29-25(32)23-24(18-9-11-20(12-10-18)28-17(2)31)33-26(30-23)19-7-5-14-27-15-13-19/h4,6,8-12,19,25,27,29,32H,5,7,13-15H2,1-3H3,(H,28,31). The Bertz CT molecular complexity index is 1120. The van der Waals surface area contributed by atoms with Gasteiger partial charge in [-0.2, -0.15) is 0 Å². The first-order chi connectivity index (χ1) is 16.5. The van der Waals surface area contributed by atoms with Crippen LogP contribution in [0.4, 0.5) is 11.4 Å². The first-order valence-electron chi connectivity index (χ1n) is 11.6. The van der Waals surface area contributed by atoms with Gasteiger partial charge in [0.2, 0.25) is 5.91 Å². The molecule has 3 aromatic rings. The highest BCUT2D eigenvalue weighted by molar-refractivity contribution is 7.98. The average Bonchev–Trinajstić information content (AvgIpc) is 3.08. The summed E-state index contributed by atoms with van der Waals surface area (Å²) in [5.74, 6) is 1.28. The van der Waals surface area contributed by atoms with Crippen molar-refractivity contribution < 1.29 is 14.3 Å². The van der Waals surface area contributed by atoms with Gasteiger partial charge < -0.3 is 25.5 Å². The molecule has 1 amide bonds. The van der Waals surface area contributed by atoms with Crippen LogP contribution in [0, 0.1) is 6.92 Å². The maximum absolute atomic E-state index is 11.4. The molecule has 1 aliphatic heterocycles. The number of thioether (sulfide) groups is 1. The van der Waals surface area contributed by atoms with Crippen molar-refractivity contribution in [1.82, 2.24) is 10.3 Å². The lowest BCUT2D eigenvalue weighted by molar-refractivity contribution is -0.114. The summed E-state index contributed by atoms with van der Waals surface area (Å²) in [5, 5.41) is 20.8. The van der Waals surface area contributed by atoms with E-state index in [1.807, 2.05) is 55.6 Å². The van der Waals surface area contributed by atoms with Crippen molar-refractivity contribution in [2.75, 3.05) is 30.0 Å². The monoisotopic (exact) mass is 480 g/mol. The Morgan fingerprint density at radius 1 is 1.21 bits per heavy atom. The quantitative estimate of drug-likeness (QED) is 0.269. The van der Waals surface area contributed by atoms with E-state index in [1.165, 1.54) is 6.92 Å². The van der Waals surface area contributed by atoms with Gasteiger partial charge in [0.15, 0.2) is 17.9 Å². The van der Waals surface area contributed by atoms with Gasteiger partial charge in [0.05, 0.1) is 5.69 Å². The summed E-state index contributed by atoms with van der Waals surface area (Å²) in [4.78, 5) is 17.3. The number of para-hydroxylation sites is 1. The van der Waals surface area contributed by atoms with Crippen LogP contribution in [-0.2, 0) is 4.79 Å². The van der Waals surface area contributed by atoms with E-state index < -0.39 is 6.23 Å². The maximum atomic E-state index is 11.4. The molecule has 2 unspecified atom stereocenters. The first kappa shape index (κ1) is 24.3. The van der Waals surface area contributed by atoms with Gasteiger partial charge in [-0.1, -0.05) is 12.1 Å². The smallest absolute Gasteiger partial charge is 0.221 e. The molecule has 0 saturated carbocycles. The van der Waals surface area contributed by atoms with Crippen molar-refractivity contribution in [2.24, 2.45) is 0 Å². The van der Waals surface area contributed by atoms with E-state index in [9.17, 15) is 9.90 Å². The fourth-order valence-corrected chi connectivity index (χ4v) is 4.93. The van der Waals surface area contributed by atoms with Crippen molar-refractivity contribution in [3.05, 3.63) is 59.6 Å². The zero-order valence-electron chi connectivity index (χ0n) is 19.9. The number of benzene rings is 2. The van der Waals surface area contributed by atoms with Crippen molar-refractivity contribution in [1.29, 1.82) is 0 Å². The van der Waals surface area contributed by atoms with Crippen molar-refractivity contribution in [3.63, 3.8) is 0 Å². The van der Waals surface area contributed by atoms with E-state index in [0.717, 1.165) is 54.1 Å². The number of carbonyl (C=O) groups is 1. The van der Waals surface area contributed by atoms with Crippen LogP contribution in [0.3, 0.4) is 0 Å². The Hall–Kier alpha value is -2.81. The second kappa shape index (κ2) is 11.1. The van der Waals surface area contributed by atoms with Crippen LogP contribution < -0.4 is 16.0 Å². The molecule has 2 atom stereocenters. The Kier molecular flexibility index (Phi) is 7.92. The third kappa shape index (κ3) is 5.63. The summed E-state index contributed by atoms with van der Waals surface area (Å²) >= 11 is 1.63. The number of carbonyl (C=O) groups excluding carboxylic acids is 1. The van der Waals surface area contributed by atoms with Gasteiger partial charge in [-0.05, 0) is 81.4 Å². The second-order valence-corrected chi connectivity index (χ2v) is 9.45. The largest absolute Gasteiger partial charge is 0.440 e. The lowest BCUT2D eigenvalue weighted by Crippen LogP contribution is -2.14. The van der Waals surface area contributed by atoms with Gasteiger partial charge in [-0.25, -0.2) is 4.98 Å². The van der Waals surface area contributed by atoms with Crippen LogP contribution >= 0.6 is 11.8 Å². The lowest BCUT2D eigenvalue weighted by Gasteiger charge is -2.18. The number of hydrogen-bond donors (Lipinski definition) is 4. The normalized spacial score (nSPS) is 17.1. The zero-order chi connectivity index (χ0) is 24.1. The number of nitrogens with zero attached hydrogens (tertiary/aromatic N) is 1. The Labute approximate surface area is 204 Å². The van der Waals surface area contributed by atoms with Crippen LogP contribution in [0.15, 0.2) is 51.8 Å². The molecule has 0 bridgehead atoms. The lowest BCUT2D eigenvalue weighted by atomic mass is 10.0. The summed E-state index contributed by atoms with van der Waals surface area (Å²) < 4.78 is 6.33. The SMILES string of the molecule is CSc1cccc(C)c1NC(O)c1nc(C2CCCNCC2)oc1-c1ccc(NC(C)=O)cc1. The summed E-state index contributed by atoms with van der Waals surface area (Å²) in [6.07, 6.45) is 3.97. The van der Waals surface area contributed by atoms with Gasteiger partial charge in [0, 0.05) is 29.0 Å². The van der Waals surface area contributed by atoms with E-state index in [-0.39, 0.29) is 11.8 Å². The summed E-state index contributed by atoms with van der Waals surface area (Å²) in [5.41, 5.74) is 3.90. The molecule has 1 saturated heterocycles. The zero-order valence-corrected chi connectivity index (χ0v) is 20.7. The van der Waals surface area contributed by atoms with E-state index in [0.29, 0.717) is 23.0 Å². The predicted molar refractivity (Wildman–Crippen MR) is 137 cm³/mol. The van der Waals surface area contributed by atoms with Gasteiger partial charge in [0.1, 0.15) is 5.69 Å². The molecule has 1 fully saturated rings. The fourth-order valence-electron chi connectivity index (χ4n) is 4.29. The highest BCUT2D eigenvalue weighted by Gasteiger charge is 2.27. The first-order valence-corrected chi connectivity index (χ1v) is 12.9. The second-order valence-electron chi connectivity index (χ2n) is 8.60. The molecular formula is C26H32N4O3S. The number of anilines is 2. The number of oxazole rings is 1. The molecular weight excluding hydrogens is 448 g/mol. The van der Waals surface area contributed by atoms with E-state index in [1.54, 1.807) is 11.8 Å². The number of aromatic nitrogens is 1. The van der Waals surface area contributed by atoms with Gasteiger partial charge in [0.25, 0.3) is 0 Å². The highest BCUT2D eigenvalue weighted by Crippen LogP contribution is 2.37. The number of hydrogen-bond acceptors (Lipinski definition) is 7. The number of aliphatic hydroxyl groups excluding tert-OH is 1. The molecule has 1 aromatic heterocycles. The summed E-state index contributed by atoms with van der Waals surface area (Å²) in [6.45, 7) is 5.41. The Balaban J connectivity index is 1.70. The molecule has 0 radical (unpaired) electrons. The molecule has 7 nitrogen and oxygen atoms in total. The number of nitrogens with one attached hydrogen (secondary N) is 3. The van der Waals surface area contributed by atoms with Crippen molar-refractivity contribution in [2.45, 2.75) is 50.2 Å². The van der Waals surface area contributed by atoms with Crippen LogP contribution in [0.25, 0.3) is 11.3 Å². The minimum atomic E-state index is -1.04. The average molecular weight is 481 g/mol. The van der Waals surface area contributed by atoms with Gasteiger partial charge in [-0.15, -0.1) is 11.8 Å². The van der Waals surface area contributed by atoms with Crippen LogP contribution in [0.1, 0.15) is 55.5 Å². The Morgan fingerprint density at radius 3 is 2.74 bits per heavy atom. The minimum Gasteiger partial charge on any atom is -0.440 e. The van der Waals surface area contributed by atoms with Gasteiger partial charge in [-0.3, -0.25) is 4.79 Å². The van der Waals surface area contributed by atoms with E-state index in [4.69, 9.17) is 9.40 Å². The molecule has 1 aliphatic rings. The van der Waals surface area contributed by atoms with E-state index >= 15 is 0 Å². The molecule has 0 spiro atoms. The molecule has 8 heteroatoms. The predicted octanol–water partition coefficient (Wildman–Crippen LogP) is 5.29. The van der Waals surface area contributed by atoms with Crippen LogP contribution in [0.5, 0.6) is 0 Å². The van der Waals surface area contributed by atoms with E-state index in [2.05, 4.69) is 16.0 Å². The fraction of sp³-hybridized carbons (Fsp3) is 0.385. The van der Waals surface area contributed by atoms with Crippen molar-refractivity contribution >= 4 is 29.0 Å². The van der Waals surface area contributed by atoms with Crippen LogP contribution in [-0.4, -0.2) is 35.3 Å². The summed E-state index contributed by atoms with van der Waals surface area (Å²) in [6, 6.07) is 13.5. The third-order valence-corrected chi connectivity index (χ3v) is 6.84.